The molecule has 3 atom stereocenters. The van der Waals surface area contributed by atoms with E-state index >= 15 is 0 Å². The number of rotatable bonds is 6. The molecule has 20 heavy (non-hydrogen) atoms. The third kappa shape index (κ3) is 2.59. The minimum atomic E-state index is 0.686. The van der Waals surface area contributed by atoms with Gasteiger partial charge in [-0.1, -0.05) is 20.3 Å². The lowest BCUT2D eigenvalue weighted by atomic mass is 9.93. The van der Waals surface area contributed by atoms with E-state index in [0.717, 1.165) is 37.2 Å². The molecule has 0 bridgehead atoms. The number of unbranched alkanes of at least 4 members (excludes halogenated alkanes) is 1. The summed E-state index contributed by atoms with van der Waals surface area (Å²) < 4.78 is 1.99. The summed E-state index contributed by atoms with van der Waals surface area (Å²) >= 11 is 0. The Bertz CT molecular complexity index is 431. The zero-order valence-electron chi connectivity index (χ0n) is 12.6. The SMILES string of the molecule is CCCCn1nnnc1CN1CC2CNCC2C1CC. The van der Waals surface area contributed by atoms with E-state index in [0.29, 0.717) is 6.04 Å². The molecule has 1 N–H and O–H groups in total. The van der Waals surface area contributed by atoms with Crippen LogP contribution in [-0.4, -0.2) is 50.8 Å². The lowest BCUT2D eigenvalue weighted by Gasteiger charge is -2.26. The van der Waals surface area contributed by atoms with Crippen LogP contribution < -0.4 is 5.32 Å². The van der Waals surface area contributed by atoms with E-state index in [1.54, 1.807) is 0 Å². The number of hydrogen-bond acceptors (Lipinski definition) is 5. The number of nitrogens with zero attached hydrogens (tertiary/aromatic N) is 5. The maximum atomic E-state index is 4.24. The first-order valence-electron chi connectivity index (χ1n) is 8.03. The summed E-state index contributed by atoms with van der Waals surface area (Å²) in [4.78, 5) is 2.60. The molecule has 2 saturated heterocycles. The summed E-state index contributed by atoms with van der Waals surface area (Å²) in [6.45, 7) is 9.90. The normalized spacial score (nSPS) is 30.0. The van der Waals surface area contributed by atoms with E-state index in [1.165, 1.54) is 32.5 Å². The van der Waals surface area contributed by atoms with Crippen LogP contribution in [0.5, 0.6) is 0 Å². The van der Waals surface area contributed by atoms with E-state index in [4.69, 9.17) is 0 Å². The Morgan fingerprint density at radius 1 is 1.30 bits per heavy atom. The summed E-state index contributed by atoms with van der Waals surface area (Å²) in [5.74, 6) is 2.67. The van der Waals surface area contributed by atoms with E-state index in [2.05, 4.69) is 39.6 Å². The van der Waals surface area contributed by atoms with Crippen molar-refractivity contribution in [2.24, 2.45) is 11.8 Å². The Hall–Kier alpha value is -1.01. The first-order chi connectivity index (χ1) is 9.83. The number of nitrogens with one attached hydrogen (secondary N) is 1. The fourth-order valence-corrected chi connectivity index (χ4v) is 3.85. The van der Waals surface area contributed by atoms with E-state index in [1.807, 2.05) is 4.68 Å². The van der Waals surface area contributed by atoms with Gasteiger partial charge < -0.3 is 5.32 Å². The molecule has 0 radical (unpaired) electrons. The second-order valence-electron chi connectivity index (χ2n) is 6.16. The highest BCUT2D eigenvalue weighted by Crippen LogP contribution is 2.34. The van der Waals surface area contributed by atoms with Crippen molar-refractivity contribution in [1.29, 1.82) is 0 Å². The molecule has 0 saturated carbocycles. The Kier molecular flexibility index (Phi) is 4.31. The Labute approximate surface area is 120 Å². The molecule has 2 aliphatic rings. The topological polar surface area (TPSA) is 58.9 Å². The zero-order chi connectivity index (χ0) is 13.9. The van der Waals surface area contributed by atoms with Crippen LogP contribution in [0.1, 0.15) is 38.9 Å². The molecular formula is C14H26N6. The van der Waals surface area contributed by atoms with Gasteiger partial charge in [0.05, 0.1) is 6.54 Å². The van der Waals surface area contributed by atoms with Crippen LogP contribution in [0.25, 0.3) is 0 Å². The van der Waals surface area contributed by atoms with Gasteiger partial charge in [-0.2, -0.15) is 0 Å². The number of aromatic nitrogens is 4. The molecule has 1 aromatic rings. The first-order valence-corrected chi connectivity index (χ1v) is 8.03. The monoisotopic (exact) mass is 278 g/mol. The third-order valence-corrected chi connectivity index (χ3v) is 4.92. The predicted octanol–water partition coefficient (Wildman–Crippen LogP) is 0.903. The van der Waals surface area contributed by atoms with Gasteiger partial charge in [0.2, 0.25) is 0 Å². The molecule has 2 fully saturated rings. The van der Waals surface area contributed by atoms with Gasteiger partial charge in [0.15, 0.2) is 5.82 Å². The highest BCUT2D eigenvalue weighted by Gasteiger charge is 2.43. The molecule has 112 valence electrons. The van der Waals surface area contributed by atoms with Crippen LogP contribution in [-0.2, 0) is 13.1 Å². The van der Waals surface area contributed by atoms with E-state index < -0.39 is 0 Å². The minimum absolute atomic E-state index is 0.686. The van der Waals surface area contributed by atoms with Crippen molar-refractivity contribution >= 4 is 0 Å². The van der Waals surface area contributed by atoms with Crippen molar-refractivity contribution in [3.63, 3.8) is 0 Å². The molecule has 2 aliphatic heterocycles. The molecule has 3 heterocycles. The Balaban J connectivity index is 1.67. The Morgan fingerprint density at radius 2 is 2.20 bits per heavy atom. The minimum Gasteiger partial charge on any atom is -0.316 e. The van der Waals surface area contributed by atoms with Crippen molar-refractivity contribution < 1.29 is 0 Å². The van der Waals surface area contributed by atoms with E-state index in [9.17, 15) is 0 Å². The molecule has 0 spiro atoms. The quantitative estimate of drug-likeness (QED) is 0.838. The fourth-order valence-electron chi connectivity index (χ4n) is 3.85. The average molecular weight is 278 g/mol. The lowest BCUT2D eigenvalue weighted by Crippen LogP contribution is -2.35. The average Bonchev–Trinajstić information content (AvgIpc) is 3.12. The second-order valence-corrected chi connectivity index (χ2v) is 6.16. The largest absolute Gasteiger partial charge is 0.316 e. The van der Waals surface area contributed by atoms with Crippen molar-refractivity contribution in [2.45, 2.75) is 52.2 Å². The number of fused-ring (bicyclic) bond motifs is 1. The van der Waals surface area contributed by atoms with Gasteiger partial charge in [-0.15, -0.1) is 5.10 Å². The number of hydrogen-bond donors (Lipinski definition) is 1. The molecule has 1 aromatic heterocycles. The van der Waals surface area contributed by atoms with Crippen LogP contribution in [0.15, 0.2) is 0 Å². The zero-order valence-corrected chi connectivity index (χ0v) is 12.6. The third-order valence-electron chi connectivity index (χ3n) is 4.92. The molecular weight excluding hydrogens is 252 g/mol. The van der Waals surface area contributed by atoms with Gasteiger partial charge in [0, 0.05) is 19.1 Å². The van der Waals surface area contributed by atoms with Crippen molar-refractivity contribution in [1.82, 2.24) is 30.4 Å². The smallest absolute Gasteiger partial charge is 0.165 e. The van der Waals surface area contributed by atoms with Crippen LogP contribution >= 0.6 is 0 Å². The Morgan fingerprint density at radius 3 is 3.00 bits per heavy atom. The van der Waals surface area contributed by atoms with Gasteiger partial charge >= 0.3 is 0 Å². The number of tetrazole rings is 1. The van der Waals surface area contributed by atoms with Gasteiger partial charge in [-0.25, -0.2) is 4.68 Å². The summed E-state index contributed by atoms with van der Waals surface area (Å²) in [6, 6.07) is 0.686. The highest BCUT2D eigenvalue weighted by molar-refractivity contribution is 4.99. The predicted molar refractivity (Wildman–Crippen MR) is 77.1 cm³/mol. The standard InChI is InChI=1S/C14H26N6/c1-3-5-6-20-14(16-17-18-20)10-19-9-11-7-15-8-12(11)13(19)4-2/h11-13,15H,3-10H2,1-2H3. The second kappa shape index (κ2) is 6.18. The van der Waals surface area contributed by atoms with Gasteiger partial charge in [0.25, 0.3) is 0 Å². The maximum absolute atomic E-state index is 4.24. The molecule has 6 nitrogen and oxygen atoms in total. The maximum Gasteiger partial charge on any atom is 0.165 e. The van der Waals surface area contributed by atoms with Gasteiger partial charge in [0.1, 0.15) is 0 Å². The summed E-state index contributed by atoms with van der Waals surface area (Å²) in [7, 11) is 0. The van der Waals surface area contributed by atoms with Gasteiger partial charge in [-0.3, -0.25) is 4.90 Å². The number of aryl methyl sites for hydroxylation is 1. The summed E-state index contributed by atoms with van der Waals surface area (Å²) in [5, 5.41) is 15.8. The molecule has 0 aromatic carbocycles. The molecule has 3 rings (SSSR count). The van der Waals surface area contributed by atoms with Crippen LogP contribution in [0.3, 0.4) is 0 Å². The first kappa shape index (κ1) is 13.9. The molecule has 0 aliphatic carbocycles. The summed E-state index contributed by atoms with van der Waals surface area (Å²) in [6.07, 6.45) is 3.54. The molecule has 0 amide bonds. The van der Waals surface area contributed by atoms with Crippen LogP contribution in [0.2, 0.25) is 0 Å². The molecule has 3 unspecified atom stereocenters. The van der Waals surface area contributed by atoms with Gasteiger partial charge in [-0.05, 0) is 48.2 Å². The summed E-state index contributed by atoms with van der Waals surface area (Å²) in [5.41, 5.74) is 0. The van der Waals surface area contributed by atoms with Crippen molar-refractivity contribution in [3.05, 3.63) is 5.82 Å². The van der Waals surface area contributed by atoms with Crippen LogP contribution in [0, 0.1) is 11.8 Å². The lowest BCUT2D eigenvalue weighted by molar-refractivity contribution is 0.202. The number of likely N-dealkylation sites (tertiary alicyclic amines) is 1. The van der Waals surface area contributed by atoms with E-state index in [-0.39, 0.29) is 0 Å². The fraction of sp³-hybridized carbons (Fsp3) is 0.929. The molecule has 6 heteroatoms. The van der Waals surface area contributed by atoms with Crippen molar-refractivity contribution in [3.8, 4) is 0 Å². The van der Waals surface area contributed by atoms with Crippen molar-refractivity contribution in [2.75, 3.05) is 19.6 Å². The van der Waals surface area contributed by atoms with Crippen LogP contribution in [0.4, 0.5) is 0 Å². The highest BCUT2D eigenvalue weighted by atomic mass is 15.5.